The Morgan fingerprint density at radius 3 is 2.56 bits per heavy atom. The van der Waals surface area contributed by atoms with E-state index < -0.39 is 4.92 Å². The van der Waals surface area contributed by atoms with Crippen molar-refractivity contribution in [1.82, 2.24) is 10.3 Å². The molecule has 0 unspecified atom stereocenters. The standard InChI is InChI=1S/C19H17N3O3/c23-18(21-19(9-4-10-19)13-5-2-1-3-6-13)16-12-20-17-8-7-14(22(24)25)11-15(16)17/h1-3,5-8,11-12,20H,4,9-10H2,(H,21,23). The maximum Gasteiger partial charge on any atom is 0.270 e. The second-order valence-corrected chi connectivity index (χ2v) is 6.45. The number of nitro benzene ring substituents is 1. The number of rotatable bonds is 4. The Hall–Kier alpha value is -3.15. The van der Waals surface area contributed by atoms with Crippen LogP contribution in [0, 0.1) is 10.1 Å². The van der Waals surface area contributed by atoms with Gasteiger partial charge < -0.3 is 10.3 Å². The van der Waals surface area contributed by atoms with Gasteiger partial charge in [-0.15, -0.1) is 0 Å². The molecule has 1 heterocycles. The maximum absolute atomic E-state index is 12.9. The van der Waals surface area contributed by atoms with Gasteiger partial charge >= 0.3 is 0 Å². The Labute approximate surface area is 144 Å². The summed E-state index contributed by atoms with van der Waals surface area (Å²) in [6.07, 6.45) is 4.46. The highest BCUT2D eigenvalue weighted by Gasteiger charge is 2.40. The molecule has 1 saturated carbocycles. The fraction of sp³-hybridized carbons (Fsp3) is 0.211. The number of hydrogen-bond donors (Lipinski definition) is 2. The molecule has 126 valence electrons. The van der Waals surface area contributed by atoms with Gasteiger partial charge in [0.05, 0.1) is 16.0 Å². The summed E-state index contributed by atoms with van der Waals surface area (Å²) in [5.74, 6) is -0.213. The summed E-state index contributed by atoms with van der Waals surface area (Å²) in [5.41, 5.74) is 1.87. The summed E-state index contributed by atoms with van der Waals surface area (Å²) in [7, 11) is 0. The van der Waals surface area contributed by atoms with Crippen LogP contribution in [-0.2, 0) is 5.54 Å². The number of H-pyrrole nitrogens is 1. The Morgan fingerprint density at radius 1 is 1.16 bits per heavy atom. The van der Waals surface area contributed by atoms with Crippen molar-refractivity contribution in [3.05, 3.63) is 76.0 Å². The first-order valence-electron chi connectivity index (χ1n) is 8.23. The Morgan fingerprint density at radius 2 is 1.92 bits per heavy atom. The minimum absolute atomic E-state index is 0.0254. The molecule has 25 heavy (non-hydrogen) atoms. The summed E-state index contributed by atoms with van der Waals surface area (Å²) in [5, 5.41) is 14.7. The number of nitrogens with one attached hydrogen (secondary N) is 2. The van der Waals surface area contributed by atoms with Crippen molar-refractivity contribution in [3.63, 3.8) is 0 Å². The van der Waals surface area contributed by atoms with Gasteiger partial charge in [-0.1, -0.05) is 30.3 Å². The van der Waals surface area contributed by atoms with Gasteiger partial charge in [0.2, 0.25) is 0 Å². The first kappa shape index (κ1) is 15.4. The van der Waals surface area contributed by atoms with E-state index in [0.29, 0.717) is 16.5 Å². The molecule has 4 rings (SSSR count). The molecule has 0 radical (unpaired) electrons. The van der Waals surface area contributed by atoms with E-state index in [1.807, 2.05) is 30.3 Å². The first-order chi connectivity index (χ1) is 12.1. The molecule has 1 aliphatic carbocycles. The van der Waals surface area contributed by atoms with E-state index in [0.717, 1.165) is 24.8 Å². The molecule has 1 aromatic heterocycles. The van der Waals surface area contributed by atoms with Crippen molar-refractivity contribution >= 4 is 22.5 Å². The average Bonchev–Trinajstić information content (AvgIpc) is 3.02. The number of carbonyl (C=O) groups is 1. The van der Waals surface area contributed by atoms with Gasteiger partial charge in [-0.05, 0) is 30.9 Å². The van der Waals surface area contributed by atoms with E-state index >= 15 is 0 Å². The third-order valence-corrected chi connectivity index (χ3v) is 5.01. The van der Waals surface area contributed by atoms with Crippen molar-refractivity contribution in [1.29, 1.82) is 0 Å². The first-order valence-corrected chi connectivity index (χ1v) is 8.23. The number of carbonyl (C=O) groups excluding carboxylic acids is 1. The highest BCUT2D eigenvalue weighted by molar-refractivity contribution is 6.07. The minimum Gasteiger partial charge on any atom is -0.360 e. The van der Waals surface area contributed by atoms with Crippen molar-refractivity contribution in [2.45, 2.75) is 24.8 Å². The lowest BCUT2D eigenvalue weighted by Gasteiger charge is -2.43. The Kier molecular flexibility index (Phi) is 3.53. The van der Waals surface area contributed by atoms with Gasteiger partial charge in [-0.2, -0.15) is 0 Å². The fourth-order valence-electron chi connectivity index (χ4n) is 3.47. The number of hydrogen-bond acceptors (Lipinski definition) is 3. The predicted molar refractivity (Wildman–Crippen MR) is 94.4 cm³/mol. The summed E-state index contributed by atoms with van der Waals surface area (Å²) in [6, 6.07) is 14.4. The van der Waals surface area contributed by atoms with Crippen molar-refractivity contribution in [3.8, 4) is 0 Å². The van der Waals surface area contributed by atoms with Crippen LogP contribution in [0.25, 0.3) is 10.9 Å². The number of nitrogens with zero attached hydrogens (tertiary/aromatic N) is 1. The lowest BCUT2D eigenvalue weighted by atomic mass is 9.71. The van der Waals surface area contributed by atoms with Crippen LogP contribution in [0.4, 0.5) is 5.69 Å². The van der Waals surface area contributed by atoms with Crippen molar-refractivity contribution in [2.75, 3.05) is 0 Å². The molecule has 0 aliphatic heterocycles. The highest BCUT2D eigenvalue weighted by atomic mass is 16.6. The number of benzene rings is 2. The van der Waals surface area contributed by atoms with Crippen LogP contribution in [0.15, 0.2) is 54.7 Å². The lowest BCUT2D eigenvalue weighted by molar-refractivity contribution is -0.384. The van der Waals surface area contributed by atoms with Gasteiger partial charge in [-0.3, -0.25) is 14.9 Å². The predicted octanol–water partition coefficient (Wildman–Crippen LogP) is 3.89. The third kappa shape index (κ3) is 2.55. The van der Waals surface area contributed by atoms with Gasteiger partial charge in [0.1, 0.15) is 0 Å². The van der Waals surface area contributed by atoms with E-state index in [-0.39, 0.29) is 17.1 Å². The van der Waals surface area contributed by atoms with Crippen LogP contribution in [0.1, 0.15) is 35.2 Å². The van der Waals surface area contributed by atoms with E-state index in [1.54, 1.807) is 12.3 Å². The fourth-order valence-corrected chi connectivity index (χ4v) is 3.47. The smallest absolute Gasteiger partial charge is 0.270 e. The topological polar surface area (TPSA) is 88.0 Å². The molecular formula is C19H17N3O3. The molecule has 0 atom stereocenters. The lowest BCUT2D eigenvalue weighted by Crippen LogP contribution is -2.50. The monoisotopic (exact) mass is 335 g/mol. The zero-order chi connectivity index (χ0) is 17.4. The molecule has 0 saturated heterocycles. The zero-order valence-electron chi connectivity index (χ0n) is 13.5. The quantitative estimate of drug-likeness (QED) is 0.560. The highest BCUT2D eigenvalue weighted by Crippen LogP contribution is 2.41. The molecule has 6 nitrogen and oxygen atoms in total. The van der Waals surface area contributed by atoms with Crippen LogP contribution < -0.4 is 5.32 Å². The van der Waals surface area contributed by atoms with E-state index in [4.69, 9.17) is 0 Å². The number of fused-ring (bicyclic) bond motifs is 1. The second kappa shape index (κ2) is 5.73. The summed E-state index contributed by atoms with van der Waals surface area (Å²) in [6.45, 7) is 0. The number of non-ortho nitro benzene ring substituents is 1. The normalized spacial score (nSPS) is 15.5. The SMILES string of the molecule is O=C(NC1(c2ccccc2)CCC1)c1c[nH]c2ccc([N+](=O)[O-])cc12. The summed E-state index contributed by atoms with van der Waals surface area (Å²) in [4.78, 5) is 26.5. The van der Waals surface area contributed by atoms with Crippen molar-refractivity contribution < 1.29 is 9.72 Å². The van der Waals surface area contributed by atoms with E-state index in [9.17, 15) is 14.9 Å². The van der Waals surface area contributed by atoms with Crippen LogP contribution in [0.2, 0.25) is 0 Å². The molecule has 0 bridgehead atoms. The molecule has 1 aliphatic rings. The van der Waals surface area contributed by atoms with Crippen LogP contribution in [0.3, 0.4) is 0 Å². The average molecular weight is 335 g/mol. The van der Waals surface area contributed by atoms with Crippen LogP contribution in [0.5, 0.6) is 0 Å². The summed E-state index contributed by atoms with van der Waals surface area (Å²) < 4.78 is 0. The number of nitro groups is 1. The number of amides is 1. The second-order valence-electron chi connectivity index (χ2n) is 6.45. The summed E-state index contributed by atoms with van der Waals surface area (Å²) >= 11 is 0. The van der Waals surface area contributed by atoms with Gasteiger partial charge in [-0.25, -0.2) is 0 Å². The molecule has 2 aromatic carbocycles. The number of aromatic amines is 1. The maximum atomic E-state index is 12.9. The Bertz CT molecular complexity index is 958. The third-order valence-electron chi connectivity index (χ3n) is 5.01. The van der Waals surface area contributed by atoms with Crippen molar-refractivity contribution in [2.24, 2.45) is 0 Å². The molecule has 1 amide bonds. The van der Waals surface area contributed by atoms with Gasteiger partial charge in [0.15, 0.2) is 0 Å². The molecule has 6 heteroatoms. The van der Waals surface area contributed by atoms with Crippen LogP contribution >= 0.6 is 0 Å². The molecule has 1 fully saturated rings. The van der Waals surface area contributed by atoms with E-state index in [2.05, 4.69) is 10.3 Å². The van der Waals surface area contributed by atoms with Gasteiger partial charge in [0.25, 0.3) is 11.6 Å². The molecule has 3 aromatic rings. The van der Waals surface area contributed by atoms with E-state index in [1.165, 1.54) is 12.1 Å². The molecular weight excluding hydrogens is 318 g/mol. The molecule has 2 N–H and O–H groups in total. The number of aromatic nitrogens is 1. The largest absolute Gasteiger partial charge is 0.360 e. The Balaban J connectivity index is 1.68. The molecule has 0 spiro atoms. The zero-order valence-corrected chi connectivity index (χ0v) is 13.5. The van der Waals surface area contributed by atoms with Gasteiger partial charge in [0, 0.05) is 29.2 Å². The van der Waals surface area contributed by atoms with Crippen LogP contribution in [-0.4, -0.2) is 15.8 Å². The minimum atomic E-state index is -0.453.